The number of benzene rings is 1. The number of rotatable bonds is 3. The Balaban J connectivity index is 2.28. The molecule has 0 bridgehead atoms. The van der Waals surface area contributed by atoms with E-state index in [1.165, 1.54) is 4.90 Å². The molecule has 96 valence electrons. The van der Waals surface area contributed by atoms with E-state index >= 15 is 0 Å². The smallest absolute Gasteiger partial charge is 0.326 e. The molecule has 1 amide bonds. The maximum absolute atomic E-state index is 12.0. The quantitative estimate of drug-likeness (QED) is 0.886. The molecule has 0 saturated carbocycles. The summed E-state index contributed by atoms with van der Waals surface area (Å²) in [4.78, 5) is 24.8. The van der Waals surface area contributed by atoms with Crippen LogP contribution in [0.15, 0.2) is 24.3 Å². The van der Waals surface area contributed by atoms with Gasteiger partial charge in [-0.1, -0.05) is 31.2 Å². The first-order valence-electron chi connectivity index (χ1n) is 6.22. The van der Waals surface area contributed by atoms with Crippen molar-refractivity contribution in [2.45, 2.75) is 38.8 Å². The molecular formula is C14H17NO3. The van der Waals surface area contributed by atoms with Crippen LogP contribution in [0.2, 0.25) is 0 Å². The number of amides is 1. The van der Waals surface area contributed by atoms with E-state index in [9.17, 15) is 14.7 Å². The van der Waals surface area contributed by atoms with E-state index in [-0.39, 0.29) is 5.91 Å². The van der Waals surface area contributed by atoms with Crippen molar-refractivity contribution in [2.24, 2.45) is 0 Å². The van der Waals surface area contributed by atoms with E-state index in [4.69, 9.17) is 0 Å². The van der Waals surface area contributed by atoms with Gasteiger partial charge >= 0.3 is 5.97 Å². The first-order chi connectivity index (χ1) is 8.63. The fourth-order valence-electron chi connectivity index (χ4n) is 2.36. The van der Waals surface area contributed by atoms with Crippen LogP contribution >= 0.6 is 0 Å². The molecule has 0 aromatic heterocycles. The minimum atomic E-state index is -0.922. The average molecular weight is 247 g/mol. The molecule has 4 heteroatoms. The van der Waals surface area contributed by atoms with Crippen LogP contribution in [0.3, 0.4) is 0 Å². The van der Waals surface area contributed by atoms with Crippen LogP contribution in [-0.4, -0.2) is 27.9 Å². The van der Waals surface area contributed by atoms with Gasteiger partial charge in [-0.3, -0.25) is 4.79 Å². The molecule has 4 nitrogen and oxygen atoms in total. The Morgan fingerprint density at radius 3 is 2.61 bits per heavy atom. The summed E-state index contributed by atoms with van der Waals surface area (Å²) in [6.07, 6.45) is 1.55. The Hall–Kier alpha value is -1.84. The van der Waals surface area contributed by atoms with Gasteiger partial charge in [0.1, 0.15) is 6.04 Å². The van der Waals surface area contributed by atoms with Crippen LogP contribution < -0.4 is 0 Å². The zero-order chi connectivity index (χ0) is 13.1. The number of carboxylic acids is 1. The monoisotopic (exact) mass is 247 g/mol. The lowest BCUT2D eigenvalue weighted by Gasteiger charge is -2.34. The standard InChI is InChI=1S/C14H17NO3/c1-2-5-13(16)15-9-11-7-4-3-6-10(11)8-12(15)14(17)18/h3-4,6-7,12H,2,5,8-9H2,1H3,(H,17,18). The van der Waals surface area contributed by atoms with E-state index in [2.05, 4.69) is 0 Å². The van der Waals surface area contributed by atoms with Gasteiger partial charge in [0.2, 0.25) is 5.91 Å². The molecule has 2 rings (SSSR count). The molecule has 1 unspecified atom stereocenters. The minimum Gasteiger partial charge on any atom is -0.480 e. The number of carbonyl (C=O) groups excluding carboxylic acids is 1. The Kier molecular flexibility index (Phi) is 3.65. The van der Waals surface area contributed by atoms with Crippen LogP contribution in [0.5, 0.6) is 0 Å². The highest BCUT2D eigenvalue weighted by Crippen LogP contribution is 2.24. The topological polar surface area (TPSA) is 57.6 Å². The summed E-state index contributed by atoms with van der Waals surface area (Å²) in [5.41, 5.74) is 2.09. The van der Waals surface area contributed by atoms with Gasteiger partial charge in [-0.2, -0.15) is 0 Å². The van der Waals surface area contributed by atoms with E-state index in [0.29, 0.717) is 19.4 Å². The number of carboxylic acid groups (broad SMARTS) is 1. The van der Waals surface area contributed by atoms with E-state index in [0.717, 1.165) is 17.5 Å². The summed E-state index contributed by atoms with van der Waals surface area (Å²) in [5.74, 6) is -0.992. The Labute approximate surface area is 106 Å². The number of nitrogens with zero attached hydrogens (tertiary/aromatic N) is 1. The van der Waals surface area contributed by atoms with Crippen molar-refractivity contribution >= 4 is 11.9 Å². The van der Waals surface area contributed by atoms with Crippen molar-refractivity contribution in [3.63, 3.8) is 0 Å². The SMILES string of the molecule is CCCC(=O)N1Cc2ccccc2CC1C(=O)O. The first-order valence-corrected chi connectivity index (χ1v) is 6.22. The van der Waals surface area contributed by atoms with Gasteiger partial charge in [0, 0.05) is 19.4 Å². The number of hydrogen-bond donors (Lipinski definition) is 1. The van der Waals surface area contributed by atoms with Crippen molar-refractivity contribution in [3.8, 4) is 0 Å². The molecule has 18 heavy (non-hydrogen) atoms. The maximum atomic E-state index is 12.0. The van der Waals surface area contributed by atoms with E-state index < -0.39 is 12.0 Å². The number of fused-ring (bicyclic) bond motifs is 1. The zero-order valence-corrected chi connectivity index (χ0v) is 10.4. The zero-order valence-electron chi connectivity index (χ0n) is 10.4. The summed E-state index contributed by atoms with van der Waals surface area (Å²) in [6, 6.07) is 7.00. The van der Waals surface area contributed by atoms with Gasteiger partial charge in [-0.25, -0.2) is 4.79 Å². The molecule has 1 aromatic carbocycles. The van der Waals surface area contributed by atoms with Gasteiger partial charge in [-0.15, -0.1) is 0 Å². The third-order valence-electron chi connectivity index (χ3n) is 3.32. The van der Waals surface area contributed by atoms with Gasteiger partial charge in [-0.05, 0) is 17.5 Å². The minimum absolute atomic E-state index is 0.0700. The molecule has 0 radical (unpaired) electrons. The fraction of sp³-hybridized carbons (Fsp3) is 0.429. The molecule has 1 heterocycles. The van der Waals surface area contributed by atoms with Gasteiger partial charge < -0.3 is 10.0 Å². The number of hydrogen-bond acceptors (Lipinski definition) is 2. The van der Waals surface area contributed by atoms with E-state index in [1.807, 2.05) is 31.2 Å². The third-order valence-corrected chi connectivity index (χ3v) is 3.32. The second-order valence-electron chi connectivity index (χ2n) is 4.60. The molecule has 1 atom stereocenters. The van der Waals surface area contributed by atoms with Gasteiger partial charge in [0.25, 0.3) is 0 Å². The van der Waals surface area contributed by atoms with Crippen molar-refractivity contribution in [1.82, 2.24) is 4.90 Å². The number of aliphatic carboxylic acids is 1. The van der Waals surface area contributed by atoms with Crippen molar-refractivity contribution in [2.75, 3.05) is 0 Å². The molecule has 0 fully saturated rings. The van der Waals surface area contributed by atoms with Crippen molar-refractivity contribution in [1.29, 1.82) is 0 Å². The molecular weight excluding hydrogens is 230 g/mol. The third kappa shape index (κ3) is 2.37. The summed E-state index contributed by atoms with van der Waals surface area (Å²) < 4.78 is 0. The van der Waals surface area contributed by atoms with Crippen LogP contribution in [0.25, 0.3) is 0 Å². The van der Waals surface area contributed by atoms with Crippen molar-refractivity contribution in [3.05, 3.63) is 35.4 Å². The maximum Gasteiger partial charge on any atom is 0.326 e. The second-order valence-corrected chi connectivity index (χ2v) is 4.60. The highest BCUT2D eigenvalue weighted by Gasteiger charge is 2.33. The summed E-state index contributed by atoms with van der Waals surface area (Å²) >= 11 is 0. The predicted molar refractivity (Wildman–Crippen MR) is 67.0 cm³/mol. The lowest BCUT2D eigenvalue weighted by molar-refractivity contribution is -0.151. The summed E-state index contributed by atoms with van der Waals surface area (Å²) in [5, 5.41) is 9.26. The Morgan fingerprint density at radius 1 is 1.33 bits per heavy atom. The Bertz CT molecular complexity index is 470. The molecule has 1 aliphatic heterocycles. The average Bonchev–Trinajstić information content (AvgIpc) is 2.37. The van der Waals surface area contributed by atoms with Crippen molar-refractivity contribution < 1.29 is 14.7 Å². The Morgan fingerprint density at radius 2 is 2.00 bits per heavy atom. The highest BCUT2D eigenvalue weighted by molar-refractivity contribution is 5.84. The largest absolute Gasteiger partial charge is 0.480 e. The highest BCUT2D eigenvalue weighted by atomic mass is 16.4. The lowest BCUT2D eigenvalue weighted by Crippen LogP contribution is -2.48. The normalized spacial score (nSPS) is 18.3. The second kappa shape index (κ2) is 5.21. The molecule has 1 N–H and O–H groups in total. The fourth-order valence-corrected chi connectivity index (χ4v) is 2.36. The molecule has 1 aromatic rings. The first kappa shape index (κ1) is 12.6. The summed E-state index contributed by atoms with van der Waals surface area (Å²) in [6.45, 7) is 2.33. The van der Waals surface area contributed by atoms with Crippen LogP contribution in [0, 0.1) is 0 Å². The summed E-state index contributed by atoms with van der Waals surface area (Å²) in [7, 11) is 0. The molecule has 0 aliphatic carbocycles. The molecule has 0 saturated heterocycles. The van der Waals surface area contributed by atoms with Gasteiger partial charge in [0.05, 0.1) is 0 Å². The molecule has 0 spiro atoms. The number of carbonyl (C=O) groups is 2. The lowest BCUT2D eigenvalue weighted by atomic mass is 9.93. The molecule has 1 aliphatic rings. The van der Waals surface area contributed by atoms with Gasteiger partial charge in [0.15, 0.2) is 0 Å². The van der Waals surface area contributed by atoms with E-state index in [1.54, 1.807) is 0 Å². The predicted octanol–water partition coefficient (Wildman–Crippen LogP) is 1.82. The van der Waals surface area contributed by atoms with Crippen LogP contribution in [-0.2, 0) is 22.6 Å². The van der Waals surface area contributed by atoms with Crippen LogP contribution in [0.4, 0.5) is 0 Å². The van der Waals surface area contributed by atoms with Crippen LogP contribution in [0.1, 0.15) is 30.9 Å².